The minimum absolute atomic E-state index is 0.517. The molecule has 1 N–H and O–H groups in total. The van der Waals surface area contributed by atoms with Gasteiger partial charge < -0.3 is 5.32 Å². The summed E-state index contributed by atoms with van der Waals surface area (Å²) in [5.74, 6) is 0. The van der Waals surface area contributed by atoms with E-state index < -0.39 is 0 Å². The van der Waals surface area contributed by atoms with Crippen LogP contribution in [0.25, 0.3) is 0 Å². The van der Waals surface area contributed by atoms with Crippen LogP contribution < -0.4 is 5.32 Å². The van der Waals surface area contributed by atoms with Crippen molar-refractivity contribution >= 4 is 23.2 Å². The zero-order valence-corrected chi connectivity index (χ0v) is 14.6. The van der Waals surface area contributed by atoms with Crippen molar-refractivity contribution < 1.29 is 0 Å². The van der Waals surface area contributed by atoms with Crippen LogP contribution in [-0.4, -0.2) is 13.1 Å². The third-order valence-electron chi connectivity index (χ3n) is 4.94. The van der Waals surface area contributed by atoms with Crippen molar-refractivity contribution in [3.8, 4) is 0 Å². The van der Waals surface area contributed by atoms with Crippen LogP contribution in [0.15, 0.2) is 18.2 Å². The molecule has 0 unspecified atom stereocenters. The van der Waals surface area contributed by atoms with Gasteiger partial charge in [0, 0.05) is 10.0 Å². The fourth-order valence-electron chi connectivity index (χ4n) is 3.58. The molecule has 1 saturated carbocycles. The van der Waals surface area contributed by atoms with E-state index in [1.165, 1.54) is 50.5 Å². The predicted molar refractivity (Wildman–Crippen MR) is 93.5 cm³/mol. The van der Waals surface area contributed by atoms with Gasteiger partial charge in [-0.3, -0.25) is 0 Å². The maximum Gasteiger partial charge on any atom is 0.0452 e. The second-order valence-corrected chi connectivity index (χ2v) is 7.24. The molecule has 1 nitrogen and oxygen atoms in total. The minimum Gasteiger partial charge on any atom is -0.317 e. The van der Waals surface area contributed by atoms with E-state index in [0.29, 0.717) is 5.41 Å². The van der Waals surface area contributed by atoms with Gasteiger partial charge in [-0.25, -0.2) is 0 Å². The summed E-state index contributed by atoms with van der Waals surface area (Å²) in [6.45, 7) is 4.39. The molecule has 1 aliphatic rings. The summed E-state index contributed by atoms with van der Waals surface area (Å²) >= 11 is 12.3. The first-order valence-electron chi connectivity index (χ1n) is 8.30. The van der Waals surface area contributed by atoms with E-state index in [9.17, 15) is 0 Å². The number of rotatable bonds is 7. The molecule has 0 bridgehead atoms. The van der Waals surface area contributed by atoms with Crippen molar-refractivity contribution in [2.75, 3.05) is 13.1 Å². The average molecular weight is 328 g/mol. The lowest BCUT2D eigenvalue weighted by Gasteiger charge is -2.38. The van der Waals surface area contributed by atoms with Crippen LogP contribution in [0.2, 0.25) is 10.0 Å². The first-order valence-corrected chi connectivity index (χ1v) is 9.05. The molecule has 0 aromatic heterocycles. The molecule has 1 aromatic rings. The number of halogens is 2. The van der Waals surface area contributed by atoms with E-state index in [0.717, 1.165) is 29.6 Å². The fraction of sp³-hybridized carbons (Fsp3) is 0.667. The molecule has 0 spiro atoms. The fourth-order valence-corrected chi connectivity index (χ4v) is 4.08. The number of benzene rings is 1. The lowest BCUT2D eigenvalue weighted by molar-refractivity contribution is 0.157. The molecule has 21 heavy (non-hydrogen) atoms. The van der Waals surface area contributed by atoms with Gasteiger partial charge >= 0.3 is 0 Å². The first kappa shape index (κ1) is 17.1. The molecule has 118 valence electrons. The summed E-state index contributed by atoms with van der Waals surface area (Å²) in [6.07, 6.45) is 10.6. The van der Waals surface area contributed by atoms with Crippen LogP contribution in [0.1, 0.15) is 57.4 Å². The molecule has 0 aliphatic heterocycles. The number of hydrogen-bond donors (Lipinski definition) is 1. The van der Waals surface area contributed by atoms with Crippen molar-refractivity contribution in [1.29, 1.82) is 0 Å². The highest BCUT2D eigenvalue weighted by Gasteiger charge is 2.31. The third kappa shape index (κ3) is 5.16. The Morgan fingerprint density at radius 2 is 1.86 bits per heavy atom. The zero-order valence-electron chi connectivity index (χ0n) is 13.1. The molecule has 1 aromatic carbocycles. The van der Waals surface area contributed by atoms with Crippen LogP contribution >= 0.6 is 23.2 Å². The molecule has 1 aliphatic carbocycles. The van der Waals surface area contributed by atoms with E-state index in [4.69, 9.17) is 23.2 Å². The van der Waals surface area contributed by atoms with Crippen molar-refractivity contribution in [2.24, 2.45) is 5.41 Å². The minimum atomic E-state index is 0.517. The van der Waals surface area contributed by atoms with Crippen LogP contribution in [-0.2, 0) is 6.42 Å². The van der Waals surface area contributed by atoms with Gasteiger partial charge in [0.15, 0.2) is 0 Å². The van der Waals surface area contributed by atoms with E-state index >= 15 is 0 Å². The topological polar surface area (TPSA) is 12.0 Å². The quantitative estimate of drug-likeness (QED) is 0.617. The van der Waals surface area contributed by atoms with Crippen LogP contribution in [0, 0.1) is 5.41 Å². The number of nitrogens with one attached hydrogen (secondary N) is 1. The molecule has 2 rings (SSSR count). The normalized spacial score (nSPS) is 17.9. The van der Waals surface area contributed by atoms with Gasteiger partial charge in [-0.05, 0) is 68.3 Å². The summed E-state index contributed by atoms with van der Waals surface area (Å²) in [5, 5.41) is 5.04. The molecule has 1 fully saturated rings. The molecule has 3 heteroatoms. The number of hydrogen-bond acceptors (Lipinski definition) is 1. The molecule has 0 amide bonds. The van der Waals surface area contributed by atoms with E-state index in [-0.39, 0.29) is 0 Å². The van der Waals surface area contributed by atoms with Gasteiger partial charge in [-0.1, -0.05) is 55.5 Å². The largest absolute Gasteiger partial charge is 0.317 e. The summed E-state index contributed by atoms with van der Waals surface area (Å²) in [5.41, 5.74) is 1.76. The predicted octanol–water partition coefficient (Wildman–Crippen LogP) is 5.88. The molecule has 0 heterocycles. The van der Waals surface area contributed by atoms with Crippen molar-refractivity contribution in [1.82, 2.24) is 5.32 Å². The second kappa shape index (κ2) is 8.41. The Labute approximate surface area is 139 Å². The lowest BCUT2D eigenvalue weighted by Crippen LogP contribution is -2.30. The summed E-state index contributed by atoms with van der Waals surface area (Å²) in [4.78, 5) is 0. The third-order valence-corrected chi connectivity index (χ3v) is 5.52. The van der Waals surface area contributed by atoms with E-state index in [1.807, 2.05) is 12.1 Å². The van der Waals surface area contributed by atoms with Crippen LogP contribution in [0.5, 0.6) is 0 Å². The average Bonchev–Trinajstić information content (AvgIpc) is 2.48. The highest BCUT2D eigenvalue weighted by molar-refractivity contribution is 6.35. The molecule has 0 radical (unpaired) electrons. The van der Waals surface area contributed by atoms with Gasteiger partial charge in [0.05, 0.1) is 0 Å². The SMILES string of the molecule is CCNCCC1(CCc2ccc(Cl)cc2Cl)CCCCC1. The second-order valence-electron chi connectivity index (χ2n) is 6.40. The van der Waals surface area contributed by atoms with Crippen molar-refractivity contribution in [3.05, 3.63) is 33.8 Å². The maximum atomic E-state index is 6.32. The highest BCUT2D eigenvalue weighted by atomic mass is 35.5. The maximum absolute atomic E-state index is 6.32. The Kier molecular flexibility index (Phi) is 6.85. The van der Waals surface area contributed by atoms with Crippen molar-refractivity contribution in [2.45, 2.75) is 58.3 Å². The summed E-state index contributed by atoms with van der Waals surface area (Å²) in [7, 11) is 0. The lowest BCUT2D eigenvalue weighted by atomic mass is 9.68. The van der Waals surface area contributed by atoms with Gasteiger partial charge in [0.2, 0.25) is 0 Å². The molecule has 0 atom stereocenters. The Morgan fingerprint density at radius 3 is 2.52 bits per heavy atom. The monoisotopic (exact) mass is 327 g/mol. The number of aryl methyl sites for hydroxylation is 1. The molecular formula is C18H27Cl2N. The standard InChI is InChI=1S/C18H27Cl2N/c1-2-21-13-12-18(9-4-3-5-10-18)11-8-15-6-7-16(19)14-17(15)20/h6-7,14,21H,2-5,8-13H2,1H3. The highest BCUT2D eigenvalue weighted by Crippen LogP contribution is 2.43. The van der Waals surface area contributed by atoms with Crippen LogP contribution in [0.3, 0.4) is 0 Å². The van der Waals surface area contributed by atoms with Gasteiger partial charge in [-0.2, -0.15) is 0 Å². The van der Waals surface area contributed by atoms with Gasteiger partial charge in [-0.15, -0.1) is 0 Å². The van der Waals surface area contributed by atoms with Crippen LogP contribution in [0.4, 0.5) is 0 Å². The van der Waals surface area contributed by atoms with E-state index in [2.05, 4.69) is 18.3 Å². The smallest absolute Gasteiger partial charge is 0.0452 e. The summed E-state index contributed by atoms with van der Waals surface area (Å²) < 4.78 is 0. The summed E-state index contributed by atoms with van der Waals surface area (Å²) in [6, 6.07) is 5.91. The molecule has 0 saturated heterocycles. The Hall–Kier alpha value is -0.240. The van der Waals surface area contributed by atoms with Crippen molar-refractivity contribution in [3.63, 3.8) is 0 Å². The van der Waals surface area contributed by atoms with Gasteiger partial charge in [0.1, 0.15) is 0 Å². The molecular weight excluding hydrogens is 301 g/mol. The van der Waals surface area contributed by atoms with E-state index in [1.54, 1.807) is 0 Å². The Bertz CT molecular complexity index is 439. The Morgan fingerprint density at radius 1 is 1.10 bits per heavy atom. The zero-order chi connectivity index (χ0) is 15.1. The Balaban J connectivity index is 1.97. The van der Waals surface area contributed by atoms with Gasteiger partial charge in [0.25, 0.3) is 0 Å². The first-order chi connectivity index (χ1) is 10.2.